The summed E-state index contributed by atoms with van der Waals surface area (Å²) in [5.74, 6) is 0.706. The number of nitrogens with zero attached hydrogens (tertiary/aromatic N) is 1. The van der Waals surface area contributed by atoms with Gasteiger partial charge in [0.05, 0.1) is 12.1 Å². The lowest BCUT2D eigenvalue weighted by Crippen LogP contribution is -2.49. The Hall–Kier alpha value is -1.30. The molecule has 1 aliphatic rings. The smallest absolute Gasteiger partial charge is 0.191 e. The number of hydrogen-bond donors (Lipinski definition) is 3. The van der Waals surface area contributed by atoms with Gasteiger partial charge in [-0.2, -0.15) is 0 Å². The molecule has 0 unspecified atom stereocenters. The van der Waals surface area contributed by atoms with E-state index in [4.69, 9.17) is 16.3 Å². The highest BCUT2D eigenvalue weighted by molar-refractivity contribution is 6.30. The monoisotopic (exact) mass is 325 g/mol. The Kier molecular flexibility index (Phi) is 6.49. The van der Waals surface area contributed by atoms with E-state index in [0.29, 0.717) is 45.1 Å². The van der Waals surface area contributed by atoms with Crippen molar-refractivity contribution in [2.24, 2.45) is 4.99 Å². The molecule has 0 atom stereocenters. The molecule has 0 saturated carbocycles. The normalized spacial score (nSPS) is 18.0. The average molecular weight is 326 g/mol. The van der Waals surface area contributed by atoms with Gasteiger partial charge in [-0.3, -0.25) is 0 Å². The molecule has 0 aromatic heterocycles. The molecule has 22 heavy (non-hydrogen) atoms. The van der Waals surface area contributed by atoms with E-state index in [1.807, 2.05) is 31.2 Å². The molecule has 0 spiro atoms. The summed E-state index contributed by atoms with van der Waals surface area (Å²) in [4.78, 5) is 4.54. The van der Waals surface area contributed by atoms with Gasteiger partial charge in [0.2, 0.25) is 0 Å². The number of hydrogen-bond acceptors (Lipinski definition) is 3. The van der Waals surface area contributed by atoms with Gasteiger partial charge in [0, 0.05) is 44.2 Å². The highest BCUT2D eigenvalue weighted by Crippen LogP contribution is 2.19. The lowest BCUT2D eigenvalue weighted by Gasteiger charge is -2.32. The van der Waals surface area contributed by atoms with Crippen molar-refractivity contribution < 1.29 is 9.84 Å². The van der Waals surface area contributed by atoms with E-state index in [-0.39, 0.29) is 0 Å². The molecule has 2 rings (SSSR count). The predicted molar refractivity (Wildman–Crippen MR) is 89.3 cm³/mol. The first-order valence-electron chi connectivity index (χ1n) is 7.68. The van der Waals surface area contributed by atoms with Gasteiger partial charge in [-0.1, -0.05) is 23.7 Å². The number of halogens is 1. The van der Waals surface area contributed by atoms with Crippen LogP contribution in [0.1, 0.15) is 25.3 Å². The fourth-order valence-electron chi connectivity index (χ4n) is 2.28. The van der Waals surface area contributed by atoms with E-state index in [0.717, 1.165) is 17.1 Å². The van der Waals surface area contributed by atoms with Crippen LogP contribution in [0.2, 0.25) is 5.02 Å². The molecule has 1 aromatic carbocycles. The van der Waals surface area contributed by atoms with Crippen molar-refractivity contribution in [3.05, 3.63) is 34.9 Å². The Labute approximate surface area is 136 Å². The van der Waals surface area contributed by atoms with E-state index < -0.39 is 5.60 Å². The molecule has 1 fully saturated rings. The Balaban J connectivity index is 1.90. The number of aliphatic hydroxyl groups is 1. The highest BCUT2D eigenvalue weighted by atomic mass is 35.5. The van der Waals surface area contributed by atoms with Crippen LogP contribution in [0.15, 0.2) is 29.3 Å². The van der Waals surface area contributed by atoms with Crippen LogP contribution in [0, 0.1) is 0 Å². The molecule has 1 saturated heterocycles. The summed E-state index contributed by atoms with van der Waals surface area (Å²) < 4.78 is 5.29. The maximum absolute atomic E-state index is 10.5. The first-order valence-corrected chi connectivity index (χ1v) is 8.06. The van der Waals surface area contributed by atoms with E-state index in [9.17, 15) is 5.11 Å². The minimum atomic E-state index is -0.714. The third-order valence-corrected chi connectivity index (χ3v) is 3.94. The van der Waals surface area contributed by atoms with Crippen LogP contribution in [0.25, 0.3) is 0 Å². The van der Waals surface area contributed by atoms with Gasteiger partial charge in [-0.25, -0.2) is 4.99 Å². The van der Waals surface area contributed by atoms with Crippen molar-refractivity contribution in [1.82, 2.24) is 10.6 Å². The van der Waals surface area contributed by atoms with Crippen LogP contribution in [-0.2, 0) is 11.3 Å². The zero-order valence-corrected chi connectivity index (χ0v) is 13.7. The van der Waals surface area contributed by atoms with Gasteiger partial charge in [0.25, 0.3) is 0 Å². The average Bonchev–Trinajstić information content (AvgIpc) is 2.52. The summed E-state index contributed by atoms with van der Waals surface area (Å²) in [6.45, 7) is 5.04. The van der Waals surface area contributed by atoms with Crippen molar-refractivity contribution in [3.8, 4) is 0 Å². The van der Waals surface area contributed by atoms with Gasteiger partial charge in [0.15, 0.2) is 5.96 Å². The molecule has 0 bridgehead atoms. The van der Waals surface area contributed by atoms with E-state index in [2.05, 4.69) is 15.6 Å². The number of nitrogens with one attached hydrogen (secondary N) is 2. The van der Waals surface area contributed by atoms with Crippen LogP contribution < -0.4 is 10.6 Å². The lowest BCUT2D eigenvalue weighted by atomic mass is 9.94. The fourth-order valence-corrected chi connectivity index (χ4v) is 2.40. The Bertz CT molecular complexity index is 485. The molecule has 0 aliphatic carbocycles. The van der Waals surface area contributed by atoms with E-state index in [1.165, 1.54) is 0 Å². The molecular weight excluding hydrogens is 302 g/mol. The number of benzene rings is 1. The summed E-state index contributed by atoms with van der Waals surface area (Å²) in [5.41, 5.74) is 0.376. The largest absolute Gasteiger partial charge is 0.388 e. The molecule has 1 aliphatic heterocycles. The van der Waals surface area contributed by atoms with Gasteiger partial charge < -0.3 is 20.5 Å². The topological polar surface area (TPSA) is 65.9 Å². The molecule has 0 radical (unpaired) electrons. The van der Waals surface area contributed by atoms with Gasteiger partial charge in [0.1, 0.15) is 0 Å². The molecule has 1 aromatic rings. The number of rotatable bonds is 5. The summed E-state index contributed by atoms with van der Waals surface area (Å²) in [6, 6.07) is 7.64. The predicted octanol–water partition coefficient (Wildman–Crippen LogP) is 1.94. The number of ether oxygens (including phenoxy) is 1. The lowest BCUT2D eigenvalue weighted by molar-refractivity contribution is -0.0594. The minimum absolute atomic E-state index is 0.475. The van der Waals surface area contributed by atoms with Gasteiger partial charge in [-0.05, 0) is 24.6 Å². The second kappa shape index (κ2) is 8.36. The molecular formula is C16H24ClN3O2. The molecule has 6 heteroatoms. The van der Waals surface area contributed by atoms with Gasteiger partial charge in [-0.15, -0.1) is 0 Å². The second-order valence-electron chi connectivity index (χ2n) is 5.51. The summed E-state index contributed by atoms with van der Waals surface area (Å²) >= 11 is 5.88. The molecule has 3 N–H and O–H groups in total. The molecule has 1 heterocycles. The quantitative estimate of drug-likeness (QED) is 0.572. The zero-order chi connectivity index (χ0) is 15.8. The van der Waals surface area contributed by atoms with Crippen molar-refractivity contribution in [3.63, 3.8) is 0 Å². The van der Waals surface area contributed by atoms with E-state index >= 15 is 0 Å². The molecule has 122 valence electrons. The van der Waals surface area contributed by atoms with Crippen LogP contribution in [0.4, 0.5) is 0 Å². The third kappa shape index (κ3) is 5.48. The minimum Gasteiger partial charge on any atom is -0.388 e. The van der Waals surface area contributed by atoms with Crippen molar-refractivity contribution in [2.45, 2.75) is 31.9 Å². The van der Waals surface area contributed by atoms with Crippen molar-refractivity contribution >= 4 is 17.6 Å². The standard InChI is InChI=1S/C16H24ClN3O2/c1-2-18-15(19-11-13-3-5-14(17)6-4-13)20-12-16(21)7-9-22-10-8-16/h3-6,21H,2,7-12H2,1H3,(H2,18,19,20). The van der Waals surface area contributed by atoms with Gasteiger partial charge >= 0.3 is 0 Å². The van der Waals surface area contributed by atoms with E-state index in [1.54, 1.807) is 0 Å². The molecule has 5 nitrogen and oxygen atoms in total. The maximum Gasteiger partial charge on any atom is 0.191 e. The zero-order valence-electron chi connectivity index (χ0n) is 12.9. The number of guanidine groups is 1. The van der Waals surface area contributed by atoms with Crippen molar-refractivity contribution in [2.75, 3.05) is 26.3 Å². The second-order valence-corrected chi connectivity index (χ2v) is 5.95. The first-order chi connectivity index (χ1) is 10.6. The fraction of sp³-hybridized carbons (Fsp3) is 0.562. The SMILES string of the molecule is CCNC(=NCc1ccc(Cl)cc1)NCC1(O)CCOCC1. The first kappa shape index (κ1) is 17.1. The summed E-state index contributed by atoms with van der Waals surface area (Å²) in [6.07, 6.45) is 1.30. The van der Waals surface area contributed by atoms with Crippen molar-refractivity contribution in [1.29, 1.82) is 0 Å². The molecule has 0 amide bonds. The van der Waals surface area contributed by atoms with Crippen LogP contribution in [0.5, 0.6) is 0 Å². The Morgan fingerprint density at radius 2 is 1.95 bits per heavy atom. The Morgan fingerprint density at radius 1 is 1.27 bits per heavy atom. The summed E-state index contributed by atoms with van der Waals surface area (Å²) in [5, 5.41) is 17.6. The third-order valence-electron chi connectivity index (χ3n) is 3.69. The highest BCUT2D eigenvalue weighted by Gasteiger charge is 2.29. The van der Waals surface area contributed by atoms with Crippen LogP contribution in [0.3, 0.4) is 0 Å². The Morgan fingerprint density at radius 3 is 2.59 bits per heavy atom. The van der Waals surface area contributed by atoms with Crippen LogP contribution in [-0.4, -0.2) is 43.0 Å². The van der Waals surface area contributed by atoms with Crippen LogP contribution >= 0.6 is 11.6 Å². The number of aliphatic imine (C=N–C) groups is 1. The maximum atomic E-state index is 10.5. The summed E-state index contributed by atoms with van der Waals surface area (Å²) in [7, 11) is 0.